The Kier molecular flexibility index (Phi) is 7.19. The van der Waals surface area contributed by atoms with Gasteiger partial charge in [0.2, 0.25) is 5.91 Å². The molecule has 2 rings (SSSR count). The Balaban J connectivity index is 1.49. The summed E-state index contributed by atoms with van der Waals surface area (Å²) in [5.74, 6) is 0.861. The maximum Gasteiger partial charge on any atom is 0.223 e. The lowest BCUT2D eigenvalue weighted by atomic mass is 10.2. The van der Waals surface area contributed by atoms with Crippen LogP contribution in [0.4, 0.5) is 0 Å². The van der Waals surface area contributed by atoms with Crippen LogP contribution in [0.2, 0.25) is 0 Å². The second kappa shape index (κ2) is 9.43. The highest BCUT2D eigenvalue weighted by Gasteiger charge is 2.09. The predicted octanol–water partition coefficient (Wildman–Crippen LogP) is 1.60. The molecule has 1 aliphatic rings. The fourth-order valence-electron chi connectivity index (χ4n) is 2.34. The molecular weight excluding hydrogens is 280 g/mol. The quantitative estimate of drug-likeness (QED) is 0.741. The van der Waals surface area contributed by atoms with E-state index in [0.717, 1.165) is 51.6 Å². The number of nitrogens with zero attached hydrogens (tertiary/aromatic N) is 1. The lowest BCUT2D eigenvalue weighted by Crippen LogP contribution is -2.38. The molecule has 0 aliphatic carbocycles. The number of hydrogen-bond acceptors (Lipinski definition) is 4. The van der Waals surface area contributed by atoms with Gasteiger partial charge in [-0.2, -0.15) is 0 Å². The van der Waals surface area contributed by atoms with Gasteiger partial charge in [-0.1, -0.05) is 17.7 Å². The summed E-state index contributed by atoms with van der Waals surface area (Å²) in [5, 5.41) is 2.94. The van der Waals surface area contributed by atoms with E-state index in [0.29, 0.717) is 13.0 Å². The van der Waals surface area contributed by atoms with Gasteiger partial charge < -0.3 is 14.8 Å². The van der Waals surface area contributed by atoms with E-state index >= 15 is 0 Å². The van der Waals surface area contributed by atoms with Crippen molar-refractivity contribution in [2.24, 2.45) is 0 Å². The van der Waals surface area contributed by atoms with Crippen LogP contribution in [0.15, 0.2) is 24.3 Å². The van der Waals surface area contributed by atoms with E-state index in [1.807, 2.05) is 31.2 Å². The fraction of sp³-hybridized carbons (Fsp3) is 0.588. The van der Waals surface area contributed by atoms with Gasteiger partial charge in [-0.25, -0.2) is 0 Å². The maximum absolute atomic E-state index is 11.7. The van der Waals surface area contributed by atoms with E-state index in [1.165, 1.54) is 5.56 Å². The molecule has 0 radical (unpaired) electrons. The summed E-state index contributed by atoms with van der Waals surface area (Å²) in [4.78, 5) is 14.1. The molecule has 0 spiro atoms. The molecule has 1 amide bonds. The molecule has 1 saturated heterocycles. The normalized spacial score (nSPS) is 15.5. The van der Waals surface area contributed by atoms with Crippen LogP contribution in [0.5, 0.6) is 5.75 Å². The van der Waals surface area contributed by atoms with Gasteiger partial charge in [-0.3, -0.25) is 9.69 Å². The van der Waals surface area contributed by atoms with Gasteiger partial charge in [0, 0.05) is 19.6 Å². The van der Waals surface area contributed by atoms with Crippen molar-refractivity contribution in [3.8, 4) is 5.75 Å². The molecule has 0 unspecified atom stereocenters. The predicted molar refractivity (Wildman–Crippen MR) is 86.2 cm³/mol. The zero-order chi connectivity index (χ0) is 15.6. The Labute approximate surface area is 132 Å². The molecule has 1 heterocycles. The molecule has 5 nitrogen and oxygen atoms in total. The molecule has 1 fully saturated rings. The van der Waals surface area contributed by atoms with Crippen molar-refractivity contribution in [2.45, 2.75) is 19.8 Å². The summed E-state index contributed by atoms with van der Waals surface area (Å²) < 4.78 is 10.9. The van der Waals surface area contributed by atoms with Crippen LogP contribution < -0.4 is 10.1 Å². The van der Waals surface area contributed by atoms with E-state index < -0.39 is 0 Å². The standard InChI is InChI=1S/C17H26N2O3/c1-15-3-5-16(6-4-15)22-12-7-17(20)18-8-2-9-19-10-13-21-14-11-19/h3-6H,2,7-14H2,1H3,(H,18,20). The van der Waals surface area contributed by atoms with Crippen molar-refractivity contribution < 1.29 is 14.3 Å². The minimum atomic E-state index is 0.0501. The Bertz CT molecular complexity index is 442. The lowest BCUT2D eigenvalue weighted by Gasteiger charge is -2.26. The lowest BCUT2D eigenvalue weighted by molar-refractivity contribution is -0.121. The average Bonchev–Trinajstić information content (AvgIpc) is 2.54. The van der Waals surface area contributed by atoms with Crippen LogP contribution in [-0.4, -0.2) is 56.8 Å². The first kappa shape index (κ1) is 16.8. The number of carbonyl (C=O) groups excluding carboxylic acids is 1. The number of nitrogens with one attached hydrogen (secondary N) is 1. The van der Waals surface area contributed by atoms with Crippen molar-refractivity contribution >= 4 is 5.91 Å². The van der Waals surface area contributed by atoms with Crippen molar-refractivity contribution in [2.75, 3.05) is 46.0 Å². The largest absolute Gasteiger partial charge is 0.493 e. The zero-order valence-electron chi connectivity index (χ0n) is 13.3. The number of benzene rings is 1. The maximum atomic E-state index is 11.7. The van der Waals surface area contributed by atoms with Gasteiger partial charge in [0.15, 0.2) is 0 Å². The first-order valence-corrected chi connectivity index (χ1v) is 8.00. The third-order valence-corrected chi connectivity index (χ3v) is 3.70. The van der Waals surface area contributed by atoms with Gasteiger partial charge in [-0.15, -0.1) is 0 Å². The van der Waals surface area contributed by atoms with Crippen LogP contribution in [0, 0.1) is 6.92 Å². The summed E-state index contributed by atoms with van der Waals surface area (Å²) in [7, 11) is 0. The zero-order valence-corrected chi connectivity index (χ0v) is 13.3. The van der Waals surface area contributed by atoms with E-state index in [9.17, 15) is 4.79 Å². The van der Waals surface area contributed by atoms with Crippen LogP contribution >= 0.6 is 0 Å². The number of ether oxygens (including phenoxy) is 2. The molecular formula is C17H26N2O3. The fourth-order valence-corrected chi connectivity index (χ4v) is 2.34. The van der Waals surface area contributed by atoms with E-state index in [-0.39, 0.29) is 5.91 Å². The number of rotatable bonds is 8. The van der Waals surface area contributed by atoms with E-state index in [4.69, 9.17) is 9.47 Å². The molecule has 1 aliphatic heterocycles. The number of hydrogen-bond donors (Lipinski definition) is 1. The van der Waals surface area contributed by atoms with Gasteiger partial charge in [0.1, 0.15) is 5.75 Å². The van der Waals surface area contributed by atoms with Crippen molar-refractivity contribution in [1.82, 2.24) is 10.2 Å². The van der Waals surface area contributed by atoms with Gasteiger partial charge in [0.25, 0.3) is 0 Å². The summed E-state index contributed by atoms with van der Waals surface area (Å²) in [5.41, 5.74) is 1.20. The Hall–Kier alpha value is -1.59. The highest BCUT2D eigenvalue weighted by Crippen LogP contribution is 2.11. The number of amides is 1. The van der Waals surface area contributed by atoms with Crippen LogP contribution in [-0.2, 0) is 9.53 Å². The van der Waals surface area contributed by atoms with E-state index in [1.54, 1.807) is 0 Å². The highest BCUT2D eigenvalue weighted by molar-refractivity contribution is 5.75. The van der Waals surface area contributed by atoms with Gasteiger partial charge >= 0.3 is 0 Å². The topological polar surface area (TPSA) is 50.8 Å². The van der Waals surface area contributed by atoms with Gasteiger partial charge in [-0.05, 0) is 32.0 Å². The number of carbonyl (C=O) groups is 1. The minimum Gasteiger partial charge on any atom is -0.493 e. The van der Waals surface area contributed by atoms with Crippen LogP contribution in [0.1, 0.15) is 18.4 Å². The highest BCUT2D eigenvalue weighted by atomic mass is 16.5. The van der Waals surface area contributed by atoms with Crippen molar-refractivity contribution in [1.29, 1.82) is 0 Å². The first-order valence-electron chi connectivity index (χ1n) is 8.00. The third kappa shape index (κ3) is 6.45. The third-order valence-electron chi connectivity index (χ3n) is 3.70. The van der Waals surface area contributed by atoms with Crippen LogP contribution in [0.25, 0.3) is 0 Å². The molecule has 1 aromatic carbocycles. The molecule has 0 aromatic heterocycles. The summed E-state index contributed by atoms with van der Waals surface area (Å²) in [6.07, 6.45) is 1.37. The Morgan fingerprint density at radius 2 is 2.00 bits per heavy atom. The second-order valence-electron chi connectivity index (χ2n) is 5.57. The molecule has 1 aromatic rings. The monoisotopic (exact) mass is 306 g/mol. The summed E-state index contributed by atoms with van der Waals surface area (Å²) in [6.45, 7) is 7.83. The van der Waals surface area contributed by atoms with Gasteiger partial charge in [0.05, 0.1) is 26.2 Å². The van der Waals surface area contributed by atoms with Crippen LogP contribution in [0.3, 0.4) is 0 Å². The molecule has 22 heavy (non-hydrogen) atoms. The average molecular weight is 306 g/mol. The Morgan fingerprint density at radius 3 is 2.73 bits per heavy atom. The number of morpholine rings is 1. The minimum absolute atomic E-state index is 0.0501. The molecule has 5 heteroatoms. The molecule has 0 atom stereocenters. The SMILES string of the molecule is Cc1ccc(OCCC(=O)NCCCN2CCOCC2)cc1. The van der Waals surface area contributed by atoms with E-state index in [2.05, 4.69) is 10.2 Å². The smallest absolute Gasteiger partial charge is 0.223 e. The van der Waals surface area contributed by atoms with Crippen molar-refractivity contribution in [3.05, 3.63) is 29.8 Å². The summed E-state index contributed by atoms with van der Waals surface area (Å²) in [6, 6.07) is 7.85. The number of aryl methyl sites for hydroxylation is 1. The summed E-state index contributed by atoms with van der Waals surface area (Å²) >= 11 is 0. The Morgan fingerprint density at radius 1 is 1.27 bits per heavy atom. The van der Waals surface area contributed by atoms with Crippen molar-refractivity contribution in [3.63, 3.8) is 0 Å². The molecule has 0 bridgehead atoms. The molecule has 0 saturated carbocycles. The molecule has 1 N–H and O–H groups in total. The first-order chi connectivity index (χ1) is 10.7. The second-order valence-corrected chi connectivity index (χ2v) is 5.57. The molecule has 122 valence electrons.